The van der Waals surface area contributed by atoms with E-state index in [1.54, 1.807) is 38.1 Å². The molecule has 0 aliphatic heterocycles. The van der Waals surface area contributed by atoms with E-state index in [0.29, 0.717) is 10.8 Å². The van der Waals surface area contributed by atoms with Crippen molar-refractivity contribution >= 4 is 23.5 Å². The molecule has 5 nitrogen and oxygen atoms in total. The van der Waals surface area contributed by atoms with Gasteiger partial charge in [0, 0.05) is 6.54 Å². The van der Waals surface area contributed by atoms with E-state index in [0.717, 1.165) is 0 Å². The van der Waals surface area contributed by atoms with Crippen LogP contribution in [0, 0.1) is 5.41 Å². The van der Waals surface area contributed by atoms with Crippen molar-refractivity contribution < 1.29 is 19.4 Å². The van der Waals surface area contributed by atoms with E-state index in [1.165, 1.54) is 0 Å². The van der Waals surface area contributed by atoms with Crippen molar-refractivity contribution in [3.05, 3.63) is 29.3 Å². The number of amides is 1. The molecule has 0 aromatic heterocycles. The maximum Gasteiger partial charge on any atom is 0.310 e. The first-order chi connectivity index (χ1) is 9.33. The molecule has 1 aromatic carbocycles. The molecule has 0 aliphatic carbocycles. The van der Waals surface area contributed by atoms with Gasteiger partial charge in [-0.2, -0.15) is 0 Å². The molecule has 2 N–H and O–H groups in total. The van der Waals surface area contributed by atoms with Crippen LogP contribution in [0.5, 0.6) is 5.75 Å². The number of benzene rings is 1. The molecule has 110 valence electrons. The Labute approximate surface area is 122 Å². The molecule has 0 spiro atoms. The summed E-state index contributed by atoms with van der Waals surface area (Å²) in [6.45, 7) is 3.36. The summed E-state index contributed by atoms with van der Waals surface area (Å²) in [4.78, 5) is 22.4. The minimum atomic E-state index is -0.987. The van der Waals surface area contributed by atoms with Gasteiger partial charge in [0.05, 0.1) is 23.5 Å². The van der Waals surface area contributed by atoms with Gasteiger partial charge in [-0.1, -0.05) is 23.7 Å². The highest BCUT2D eigenvalue weighted by Gasteiger charge is 2.27. The van der Waals surface area contributed by atoms with Gasteiger partial charge in [0.1, 0.15) is 5.75 Å². The van der Waals surface area contributed by atoms with Crippen molar-refractivity contribution in [3.63, 3.8) is 0 Å². The van der Waals surface area contributed by atoms with Crippen LogP contribution in [0.2, 0.25) is 5.02 Å². The van der Waals surface area contributed by atoms with Crippen LogP contribution in [0.4, 0.5) is 0 Å². The summed E-state index contributed by atoms with van der Waals surface area (Å²) < 4.78 is 5.38. The monoisotopic (exact) mass is 299 g/mol. The Morgan fingerprint density at radius 1 is 1.35 bits per heavy atom. The normalized spacial score (nSPS) is 10.9. The molecule has 0 fully saturated rings. The third kappa shape index (κ3) is 5.09. The van der Waals surface area contributed by atoms with Crippen LogP contribution in [0.25, 0.3) is 0 Å². The van der Waals surface area contributed by atoms with Crippen molar-refractivity contribution in [1.29, 1.82) is 0 Å². The summed E-state index contributed by atoms with van der Waals surface area (Å²) in [6.07, 6.45) is 0.140. The number of para-hydroxylation sites is 1. The molecular formula is C14H18ClNO4. The Kier molecular flexibility index (Phi) is 5.82. The van der Waals surface area contributed by atoms with E-state index >= 15 is 0 Å². The number of carbonyl (C=O) groups excluding carboxylic acids is 1. The summed E-state index contributed by atoms with van der Waals surface area (Å²) in [7, 11) is 0. The Hall–Kier alpha value is -1.75. The van der Waals surface area contributed by atoms with Gasteiger partial charge in [-0.15, -0.1) is 0 Å². The van der Waals surface area contributed by atoms with Gasteiger partial charge in [0.15, 0.2) is 0 Å². The number of carboxylic acid groups (broad SMARTS) is 1. The lowest BCUT2D eigenvalue weighted by atomic mass is 9.94. The number of hydrogen-bond acceptors (Lipinski definition) is 3. The lowest BCUT2D eigenvalue weighted by molar-refractivity contribution is -0.146. The molecule has 0 heterocycles. The molecule has 0 saturated carbocycles. The maximum absolute atomic E-state index is 11.6. The predicted octanol–water partition coefficient (Wildman–Crippen LogP) is 2.34. The SMILES string of the molecule is CC(C)(CNC(=O)CCOc1ccccc1Cl)C(=O)O. The lowest BCUT2D eigenvalue weighted by Crippen LogP contribution is -2.39. The Morgan fingerprint density at radius 2 is 2.00 bits per heavy atom. The number of ether oxygens (including phenoxy) is 1. The summed E-state index contributed by atoms with van der Waals surface area (Å²) in [5.74, 6) is -0.690. The van der Waals surface area contributed by atoms with E-state index in [9.17, 15) is 9.59 Å². The molecule has 0 atom stereocenters. The molecule has 6 heteroatoms. The van der Waals surface area contributed by atoms with Crippen LogP contribution < -0.4 is 10.1 Å². The average molecular weight is 300 g/mol. The van der Waals surface area contributed by atoms with Crippen molar-refractivity contribution in [1.82, 2.24) is 5.32 Å². The molecule has 0 radical (unpaired) electrons. The largest absolute Gasteiger partial charge is 0.491 e. The molecule has 1 amide bonds. The fraction of sp³-hybridized carbons (Fsp3) is 0.429. The number of aliphatic carboxylic acids is 1. The van der Waals surface area contributed by atoms with Crippen molar-refractivity contribution in [2.24, 2.45) is 5.41 Å². The third-order valence-electron chi connectivity index (χ3n) is 2.73. The van der Waals surface area contributed by atoms with Crippen molar-refractivity contribution in [3.8, 4) is 5.75 Å². The smallest absolute Gasteiger partial charge is 0.310 e. The van der Waals surface area contributed by atoms with Crippen LogP contribution in [0.15, 0.2) is 24.3 Å². The first kappa shape index (κ1) is 16.3. The van der Waals surface area contributed by atoms with E-state index in [-0.39, 0.29) is 25.5 Å². The summed E-state index contributed by atoms with van der Waals surface area (Å²) in [6, 6.07) is 6.99. The topological polar surface area (TPSA) is 75.6 Å². The molecule has 0 aliphatic rings. The van der Waals surface area contributed by atoms with E-state index in [1.807, 2.05) is 0 Å². The van der Waals surface area contributed by atoms with E-state index in [2.05, 4.69) is 5.32 Å². The molecule has 0 saturated heterocycles. The third-order valence-corrected chi connectivity index (χ3v) is 3.04. The number of carbonyl (C=O) groups is 2. The fourth-order valence-corrected chi connectivity index (χ4v) is 1.49. The lowest BCUT2D eigenvalue weighted by Gasteiger charge is -2.19. The Balaban J connectivity index is 2.31. The molecule has 0 unspecified atom stereocenters. The molecule has 1 rings (SSSR count). The Bertz CT molecular complexity index is 488. The zero-order chi connectivity index (χ0) is 15.2. The van der Waals surface area contributed by atoms with Crippen molar-refractivity contribution in [2.75, 3.05) is 13.2 Å². The number of hydrogen-bond donors (Lipinski definition) is 2. The van der Waals surface area contributed by atoms with Crippen LogP contribution in [0.3, 0.4) is 0 Å². The second-order valence-corrected chi connectivity index (χ2v) is 5.40. The first-order valence-corrected chi connectivity index (χ1v) is 6.58. The molecular weight excluding hydrogens is 282 g/mol. The number of rotatable bonds is 7. The first-order valence-electron chi connectivity index (χ1n) is 6.20. The molecule has 1 aromatic rings. The van der Waals surface area contributed by atoms with Gasteiger partial charge in [-0.3, -0.25) is 9.59 Å². The number of carboxylic acids is 1. The van der Waals surface area contributed by atoms with Crippen molar-refractivity contribution in [2.45, 2.75) is 20.3 Å². The summed E-state index contributed by atoms with van der Waals surface area (Å²) >= 11 is 5.90. The van der Waals surface area contributed by atoms with Gasteiger partial charge in [0.2, 0.25) is 5.91 Å². The Morgan fingerprint density at radius 3 is 2.60 bits per heavy atom. The predicted molar refractivity (Wildman–Crippen MR) is 76.0 cm³/mol. The summed E-state index contributed by atoms with van der Waals surface area (Å²) in [5.41, 5.74) is -0.987. The van der Waals surface area contributed by atoms with Gasteiger partial charge in [-0.05, 0) is 26.0 Å². The minimum absolute atomic E-state index is 0.0766. The van der Waals surface area contributed by atoms with Gasteiger partial charge in [0.25, 0.3) is 0 Å². The van der Waals surface area contributed by atoms with Crippen LogP contribution in [-0.2, 0) is 9.59 Å². The van der Waals surface area contributed by atoms with E-state index in [4.69, 9.17) is 21.4 Å². The highest BCUT2D eigenvalue weighted by atomic mass is 35.5. The van der Waals surface area contributed by atoms with E-state index < -0.39 is 11.4 Å². The molecule has 0 bridgehead atoms. The summed E-state index contributed by atoms with van der Waals surface area (Å²) in [5, 5.41) is 12.0. The number of halogens is 1. The van der Waals surface area contributed by atoms with Crippen LogP contribution in [-0.4, -0.2) is 30.1 Å². The second-order valence-electron chi connectivity index (χ2n) is 4.99. The van der Waals surface area contributed by atoms with Gasteiger partial charge in [-0.25, -0.2) is 0 Å². The zero-order valence-electron chi connectivity index (χ0n) is 11.5. The van der Waals surface area contributed by atoms with Crippen LogP contribution in [0.1, 0.15) is 20.3 Å². The van der Waals surface area contributed by atoms with Crippen LogP contribution >= 0.6 is 11.6 Å². The second kappa shape index (κ2) is 7.14. The fourth-order valence-electron chi connectivity index (χ4n) is 1.30. The molecule has 20 heavy (non-hydrogen) atoms. The quantitative estimate of drug-likeness (QED) is 0.810. The highest BCUT2D eigenvalue weighted by Crippen LogP contribution is 2.23. The maximum atomic E-state index is 11.6. The van der Waals surface area contributed by atoms with Gasteiger partial charge >= 0.3 is 5.97 Å². The standard InChI is InChI=1S/C14H18ClNO4/c1-14(2,13(18)19)9-16-12(17)7-8-20-11-6-4-3-5-10(11)15/h3-6H,7-9H2,1-2H3,(H,16,17)(H,18,19). The highest BCUT2D eigenvalue weighted by molar-refractivity contribution is 6.32. The average Bonchev–Trinajstić information content (AvgIpc) is 2.38. The number of nitrogens with one attached hydrogen (secondary N) is 1. The zero-order valence-corrected chi connectivity index (χ0v) is 12.2. The minimum Gasteiger partial charge on any atom is -0.491 e. The van der Waals surface area contributed by atoms with Gasteiger partial charge < -0.3 is 15.2 Å².